The molecular weight excluding hydrogens is 280 g/mol. The Morgan fingerprint density at radius 2 is 1.91 bits per heavy atom. The topological polar surface area (TPSA) is 50.8 Å². The highest BCUT2D eigenvalue weighted by molar-refractivity contribution is 5.75. The minimum atomic E-state index is -0.0738. The summed E-state index contributed by atoms with van der Waals surface area (Å²) in [6.45, 7) is 9.88. The Hall–Kier alpha value is -1.75. The van der Waals surface area contributed by atoms with Gasteiger partial charge >= 0.3 is 6.03 Å². The molecule has 1 aromatic rings. The molecule has 22 heavy (non-hydrogen) atoms. The molecule has 120 valence electrons. The van der Waals surface area contributed by atoms with Gasteiger partial charge in [0.05, 0.1) is 18.2 Å². The summed E-state index contributed by atoms with van der Waals surface area (Å²) in [6, 6.07) is 4.03. The summed E-state index contributed by atoms with van der Waals surface area (Å²) >= 11 is 0. The predicted octanol–water partition coefficient (Wildman–Crippen LogP) is 2.56. The molecule has 5 heteroatoms. The lowest BCUT2D eigenvalue weighted by atomic mass is 10.0. The largest absolute Gasteiger partial charge is 0.490 e. The number of urea groups is 1. The van der Waals surface area contributed by atoms with Crippen LogP contribution in [-0.2, 0) is 4.74 Å². The van der Waals surface area contributed by atoms with Crippen LogP contribution in [0.3, 0.4) is 0 Å². The number of amides is 2. The molecular formula is C17H24N2O3. The number of morpholine rings is 1. The van der Waals surface area contributed by atoms with E-state index in [9.17, 15) is 4.79 Å². The normalized spacial score (nSPS) is 27.3. The van der Waals surface area contributed by atoms with Gasteiger partial charge in [0, 0.05) is 18.7 Å². The lowest BCUT2D eigenvalue weighted by molar-refractivity contribution is -0.0548. The Bertz CT molecular complexity index is 578. The van der Waals surface area contributed by atoms with E-state index >= 15 is 0 Å². The van der Waals surface area contributed by atoms with Crippen molar-refractivity contribution in [3.05, 3.63) is 28.8 Å². The summed E-state index contributed by atoms with van der Waals surface area (Å²) < 4.78 is 11.5. The molecule has 0 aromatic heterocycles. The molecule has 1 N–H and O–H groups in total. The summed E-state index contributed by atoms with van der Waals surface area (Å²) in [4.78, 5) is 14.3. The Labute approximate surface area is 131 Å². The highest BCUT2D eigenvalue weighted by Gasteiger charge is 2.31. The summed E-state index contributed by atoms with van der Waals surface area (Å²) in [5, 5.41) is 3.10. The number of nitrogens with one attached hydrogen (secondary N) is 1. The highest BCUT2D eigenvalue weighted by Crippen LogP contribution is 2.36. The van der Waals surface area contributed by atoms with Crippen LogP contribution in [0.15, 0.2) is 12.1 Å². The van der Waals surface area contributed by atoms with Crippen molar-refractivity contribution < 1.29 is 14.3 Å². The van der Waals surface area contributed by atoms with Crippen LogP contribution < -0.4 is 10.1 Å². The third-order valence-corrected chi connectivity index (χ3v) is 4.48. The van der Waals surface area contributed by atoms with Crippen molar-refractivity contribution >= 4 is 6.03 Å². The number of benzene rings is 1. The highest BCUT2D eigenvalue weighted by atomic mass is 16.5. The predicted molar refractivity (Wildman–Crippen MR) is 84.3 cm³/mol. The van der Waals surface area contributed by atoms with Gasteiger partial charge in [0.2, 0.25) is 0 Å². The molecule has 3 rings (SSSR count). The van der Waals surface area contributed by atoms with Gasteiger partial charge < -0.3 is 19.7 Å². The summed E-state index contributed by atoms with van der Waals surface area (Å²) in [5.74, 6) is 0.925. The van der Waals surface area contributed by atoms with Crippen LogP contribution in [-0.4, -0.2) is 42.8 Å². The Morgan fingerprint density at radius 1 is 1.23 bits per heavy atom. The molecule has 0 aliphatic carbocycles. The van der Waals surface area contributed by atoms with Gasteiger partial charge in [-0.05, 0) is 38.8 Å². The van der Waals surface area contributed by atoms with Crippen LogP contribution in [0.25, 0.3) is 0 Å². The number of fused-ring (bicyclic) bond motifs is 1. The number of rotatable bonds is 1. The third-order valence-electron chi connectivity index (χ3n) is 4.48. The fraction of sp³-hybridized carbons (Fsp3) is 0.588. The third kappa shape index (κ3) is 2.77. The van der Waals surface area contributed by atoms with Crippen LogP contribution in [0.2, 0.25) is 0 Å². The van der Waals surface area contributed by atoms with E-state index in [0.29, 0.717) is 19.7 Å². The first-order valence-electron chi connectivity index (χ1n) is 7.89. The number of ether oxygens (including phenoxy) is 2. The quantitative estimate of drug-likeness (QED) is 0.867. The second-order valence-corrected chi connectivity index (χ2v) is 6.40. The van der Waals surface area contributed by atoms with E-state index in [1.54, 1.807) is 0 Å². The van der Waals surface area contributed by atoms with Crippen LogP contribution in [0.5, 0.6) is 5.75 Å². The van der Waals surface area contributed by atoms with E-state index in [2.05, 4.69) is 31.3 Å². The van der Waals surface area contributed by atoms with Crippen LogP contribution >= 0.6 is 0 Å². The van der Waals surface area contributed by atoms with Crippen molar-refractivity contribution in [1.29, 1.82) is 0 Å². The van der Waals surface area contributed by atoms with Gasteiger partial charge in [0.1, 0.15) is 12.4 Å². The van der Waals surface area contributed by atoms with E-state index in [4.69, 9.17) is 9.47 Å². The zero-order valence-electron chi connectivity index (χ0n) is 13.7. The van der Waals surface area contributed by atoms with E-state index < -0.39 is 0 Å². The summed E-state index contributed by atoms with van der Waals surface area (Å²) in [6.07, 6.45) is 0.151. The fourth-order valence-corrected chi connectivity index (χ4v) is 3.24. The number of aryl methyl sites for hydroxylation is 1. The summed E-state index contributed by atoms with van der Waals surface area (Å²) in [5.41, 5.74) is 3.44. The van der Waals surface area contributed by atoms with Crippen molar-refractivity contribution in [2.24, 2.45) is 0 Å². The number of hydrogen-bond donors (Lipinski definition) is 1. The van der Waals surface area contributed by atoms with Gasteiger partial charge in [0.25, 0.3) is 0 Å². The number of carbonyl (C=O) groups excluding carboxylic acids is 1. The van der Waals surface area contributed by atoms with Gasteiger partial charge in [-0.1, -0.05) is 12.1 Å². The van der Waals surface area contributed by atoms with E-state index in [0.717, 1.165) is 16.9 Å². The molecule has 2 aliphatic heterocycles. The van der Waals surface area contributed by atoms with E-state index in [-0.39, 0.29) is 24.3 Å². The minimum Gasteiger partial charge on any atom is -0.490 e. The SMILES string of the molecule is Cc1ccc2c(c1C)OCC2NC(=O)N1CC(C)OC(C)C1. The Morgan fingerprint density at radius 3 is 2.59 bits per heavy atom. The molecule has 5 nitrogen and oxygen atoms in total. The fourth-order valence-electron chi connectivity index (χ4n) is 3.24. The molecule has 3 unspecified atom stereocenters. The molecule has 1 aromatic carbocycles. The molecule has 1 fully saturated rings. The van der Waals surface area contributed by atoms with E-state index in [1.165, 1.54) is 5.56 Å². The first-order valence-corrected chi connectivity index (χ1v) is 7.89. The van der Waals surface area contributed by atoms with Gasteiger partial charge in [0.15, 0.2) is 0 Å². The maximum absolute atomic E-state index is 12.5. The zero-order chi connectivity index (χ0) is 15.9. The molecule has 2 heterocycles. The lowest BCUT2D eigenvalue weighted by Crippen LogP contribution is -2.52. The molecule has 0 radical (unpaired) electrons. The Balaban J connectivity index is 1.71. The number of nitrogens with zero attached hydrogens (tertiary/aromatic N) is 1. The zero-order valence-corrected chi connectivity index (χ0v) is 13.7. The second-order valence-electron chi connectivity index (χ2n) is 6.40. The lowest BCUT2D eigenvalue weighted by Gasteiger charge is -2.35. The maximum atomic E-state index is 12.5. The van der Waals surface area contributed by atoms with Crippen LogP contribution in [0.1, 0.15) is 36.6 Å². The molecule has 2 amide bonds. The summed E-state index contributed by atoms with van der Waals surface area (Å²) in [7, 11) is 0. The molecule has 3 atom stereocenters. The van der Waals surface area contributed by atoms with Crippen molar-refractivity contribution in [1.82, 2.24) is 10.2 Å². The average molecular weight is 304 g/mol. The van der Waals surface area contributed by atoms with Gasteiger partial charge in [-0.2, -0.15) is 0 Å². The Kier molecular flexibility index (Phi) is 4.00. The van der Waals surface area contributed by atoms with Crippen molar-refractivity contribution in [2.75, 3.05) is 19.7 Å². The standard InChI is InChI=1S/C17H24N2O3/c1-10-5-6-14-15(9-21-16(14)13(10)4)18-17(20)19-7-11(2)22-12(3)8-19/h5-6,11-12,15H,7-9H2,1-4H3,(H,18,20). The molecule has 0 bridgehead atoms. The number of hydrogen-bond acceptors (Lipinski definition) is 3. The van der Waals surface area contributed by atoms with Crippen molar-refractivity contribution in [3.8, 4) is 5.75 Å². The van der Waals surface area contributed by atoms with Crippen LogP contribution in [0.4, 0.5) is 4.79 Å². The van der Waals surface area contributed by atoms with Crippen molar-refractivity contribution in [2.45, 2.75) is 45.9 Å². The minimum absolute atomic E-state index is 0.0401. The molecule has 1 saturated heterocycles. The molecule has 0 saturated carbocycles. The monoisotopic (exact) mass is 304 g/mol. The van der Waals surface area contributed by atoms with Gasteiger partial charge in [-0.3, -0.25) is 0 Å². The maximum Gasteiger partial charge on any atom is 0.318 e. The van der Waals surface area contributed by atoms with Crippen LogP contribution in [0, 0.1) is 13.8 Å². The van der Waals surface area contributed by atoms with Gasteiger partial charge in [-0.25, -0.2) is 4.79 Å². The first-order chi connectivity index (χ1) is 10.5. The second kappa shape index (κ2) is 5.80. The smallest absolute Gasteiger partial charge is 0.318 e. The van der Waals surface area contributed by atoms with Gasteiger partial charge in [-0.15, -0.1) is 0 Å². The first kappa shape index (κ1) is 15.2. The number of carbonyl (C=O) groups is 1. The molecule has 2 aliphatic rings. The molecule has 0 spiro atoms. The average Bonchev–Trinajstić information content (AvgIpc) is 2.85. The van der Waals surface area contributed by atoms with E-state index in [1.807, 2.05) is 18.7 Å². The van der Waals surface area contributed by atoms with Crippen molar-refractivity contribution in [3.63, 3.8) is 0 Å².